The van der Waals surface area contributed by atoms with Crippen molar-refractivity contribution < 1.29 is 22.3 Å². The van der Waals surface area contributed by atoms with Crippen LogP contribution in [0.25, 0.3) is 0 Å². The first-order valence-corrected chi connectivity index (χ1v) is 11.2. The number of amides is 1. The van der Waals surface area contributed by atoms with E-state index in [1.165, 1.54) is 22.5 Å². The van der Waals surface area contributed by atoms with Gasteiger partial charge >= 0.3 is 0 Å². The Morgan fingerprint density at radius 3 is 2.45 bits per heavy atom. The van der Waals surface area contributed by atoms with Crippen molar-refractivity contribution >= 4 is 15.9 Å². The highest BCUT2D eigenvalue weighted by atomic mass is 32.2. The molecule has 0 bridgehead atoms. The molecule has 2 aromatic carbocycles. The summed E-state index contributed by atoms with van der Waals surface area (Å²) < 4.78 is 47.3. The van der Waals surface area contributed by atoms with Gasteiger partial charge < -0.3 is 9.64 Å². The van der Waals surface area contributed by atoms with Gasteiger partial charge in [0.2, 0.25) is 15.9 Å². The van der Waals surface area contributed by atoms with Crippen molar-refractivity contribution in [3.63, 3.8) is 0 Å². The molecule has 2 aliphatic rings. The number of para-hydroxylation sites is 1. The van der Waals surface area contributed by atoms with E-state index in [-0.39, 0.29) is 23.8 Å². The summed E-state index contributed by atoms with van der Waals surface area (Å²) in [5, 5.41) is 0. The Morgan fingerprint density at radius 1 is 1.03 bits per heavy atom. The first-order valence-electron chi connectivity index (χ1n) is 9.73. The molecule has 2 atom stereocenters. The van der Waals surface area contributed by atoms with Gasteiger partial charge in [0.25, 0.3) is 0 Å². The number of ether oxygens (including phenoxy) is 1. The highest BCUT2D eigenvalue weighted by Crippen LogP contribution is 2.31. The fraction of sp³-hybridized carbons (Fsp3) is 0.381. The average Bonchev–Trinajstić information content (AvgIpc) is 3.39. The standard InChI is InChI=1S/C21H23FN2O4S/c22-16-7-6-10-19(13-16)29(26,27)24-15-18(28-17-8-2-1-3-9-17)14-20(24)21(25)23-11-4-5-12-23/h1-3,6-10,13,18,20H,4-5,11-12,14-15H2/t18-,20-/m0/s1. The number of hydrogen-bond donors (Lipinski definition) is 0. The van der Waals surface area contributed by atoms with E-state index < -0.39 is 28.0 Å². The van der Waals surface area contributed by atoms with Crippen LogP contribution in [0.4, 0.5) is 4.39 Å². The van der Waals surface area contributed by atoms with Crippen LogP contribution in [0.5, 0.6) is 5.75 Å². The molecule has 4 rings (SSSR count). The van der Waals surface area contributed by atoms with E-state index in [2.05, 4.69) is 0 Å². The summed E-state index contributed by atoms with van der Waals surface area (Å²) in [7, 11) is -4.04. The zero-order valence-corrected chi connectivity index (χ0v) is 16.7. The van der Waals surface area contributed by atoms with Crippen LogP contribution in [0.3, 0.4) is 0 Å². The summed E-state index contributed by atoms with van der Waals surface area (Å²) in [4.78, 5) is 14.6. The summed E-state index contributed by atoms with van der Waals surface area (Å²) in [5.74, 6) is -0.221. The number of sulfonamides is 1. The molecule has 0 unspecified atom stereocenters. The molecule has 0 spiro atoms. The van der Waals surface area contributed by atoms with E-state index in [0.29, 0.717) is 18.8 Å². The second-order valence-corrected chi connectivity index (χ2v) is 9.26. The Bertz CT molecular complexity index is 977. The lowest BCUT2D eigenvalue weighted by Crippen LogP contribution is -2.46. The zero-order chi connectivity index (χ0) is 20.4. The van der Waals surface area contributed by atoms with Gasteiger partial charge in [-0.3, -0.25) is 4.79 Å². The summed E-state index contributed by atoms with van der Waals surface area (Å²) in [6.45, 7) is 1.30. The van der Waals surface area contributed by atoms with Gasteiger partial charge in [-0.15, -0.1) is 0 Å². The van der Waals surface area contributed by atoms with Crippen molar-refractivity contribution in [2.24, 2.45) is 0 Å². The molecule has 154 valence electrons. The Kier molecular flexibility index (Phi) is 5.56. The van der Waals surface area contributed by atoms with Crippen molar-refractivity contribution in [2.75, 3.05) is 19.6 Å². The Balaban J connectivity index is 1.63. The van der Waals surface area contributed by atoms with Crippen molar-refractivity contribution in [1.82, 2.24) is 9.21 Å². The van der Waals surface area contributed by atoms with E-state index in [1.807, 2.05) is 18.2 Å². The molecule has 0 aliphatic carbocycles. The monoisotopic (exact) mass is 418 g/mol. The van der Waals surface area contributed by atoms with Crippen LogP contribution in [0.2, 0.25) is 0 Å². The van der Waals surface area contributed by atoms with Crippen LogP contribution in [0.1, 0.15) is 19.3 Å². The number of nitrogens with zero attached hydrogens (tertiary/aromatic N) is 2. The van der Waals surface area contributed by atoms with Gasteiger partial charge in [-0.05, 0) is 43.2 Å². The maximum absolute atomic E-state index is 13.7. The predicted octanol–water partition coefficient (Wildman–Crippen LogP) is 2.66. The third-order valence-corrected chi connectivity index (χ3v) is 7.24. The molecule has 0 radical (unpaired) electrons. The van der Waals surface area contributed by atoms with Gasteiger partial charge in [0.1, 0.15) is 23.7 Å². The van der Waals surface area contributed by atoms with Crippen LogP contribution >= 0.6 is 0 Å². The highest BCUT2D eigenvalue weighted by molar-refractivity contribution is 7.89. The van der Waals surface area contributed by atoms with E-state index in [1.54, 1.807) is 17.0 Å². The highest BCUT2D eigenvalue weighted by Gasteiger charge is 2.46. The van der Waals surface area contributed by atoms with E-state index in [9.17, 15) is 17.6 Å². The fourth-order valence-corrected chi connectivity index (χ4v) is 5.60. The van der Waals surface area contributed by atoms with Crippen LogP contribution in [0.15, 0.2) is 59.5 Å². The fourth-order valence-electron chi connectivity index (χ4n) is 3.95. The van der Waals surface area contributed by atoms with Crippen LogP contribution in [-0.2, 0) is 14.8 Å². The second kappa shape index (κ2) is 8.12. The third-order valence-electron chi connectivity index (χ3n) is 5.37. The lowest BCUT2D eigenvalue weighted by atomic mass is 10.2. The summed E-state index contributed by atoms with van der Waals surface area (Å²) in [6, 6.07) is 13.1. The largest absolute Gasteiger partial charge is 0.489 e. The van der Waals surface area contributed by atoms with Crippen molar-refractivity contribution in [3.8, 4) is 5.75 Å². The summed E-state index contributed by atoms with van der Waals surface area (Å²) in [6.07, 6.45) is 1.63. The van der Waals surface area contributed by atoms with Crippen LogP contribution in [-0.4, -0.2) is 55.3 Å². The lowest BCUT2D eigenvalue weighted by molar-refractivity contribution is -0.133. The van der Waals surface area contributed by atoms with Gasteiger partial charge in [-0.1, -0.05) is 24.3 Å². The van der Waals surface area contributed by atoms with Crippen molar-refractivity contribution in [3.05, 3.63) is 60.4 Å². The molecule has 1 amide bonds. The molecule has 2 aliphatic heterocycles. The quantitative estimate of drug-likeness (QED) is 0.749. The van der Waals surface area contributed by atoms with Crippen LogP contribution in [0, 0.1) is 5.82 Å². The molecule has 0 N–H and O–H groups in total. The smallest absolute Gasteiger partial charge is 0.244 e. The number of benzene rings is 2. The third kappa shape index (κ3) is 4.13. The predicted molar refractivity (Wildman–Crippen MR) is 105 cm³/mol. The Labute approximate surface area is 169 Å². The van der Waals surface area contributed by atoms with Gasteiger partial charge in [-0.2, -0.15) is 4.31 Å². The molecule has 29 heavy (non-hydrogen) atoms. The number of halogens is 1. The Morgan fingerprint density at radius 2 is 1.76 bits per heavy atom. The lowest BCUT2D eigenvalue weighted by Gasteiger charge is -2.26. The van der Waals surface area contributed by atoms with Gasteiger partial charge in [-0.25, -0.2) is 12.8 Å². The van der Waals surface area contributed by atoms with Gasteiger partial charge in [0, 0.05) is 19.5 Å². The number of hydrogen-bond acceptors (Lipinski definition) is 4. The molecule has 8 heteroatoms. The average molecular weight is 418 g/mol. The van der Waals surface area contributed by atoms with Crippen LogP contribution < -0.4 is 4.74 Å². The molecule has 0 aromatic heterocycles. The maximum atomic E-state index is 13.7. The van der Waals surface area contributed by atoms with Crippen molar-refractivity contribution in [1.29, 1.82) is 0 Å². The van der Waals surface area contributed by atoms with E-state index in [4.69, 9.17) is 4.74 Å². The Hall–Kier alpha value is -2.45. The number of rotatable bonds is 5. The number of likely N-dealkylation sites (tertiary alicyclic amines) is 1. The first kappa shape index (κ1) is 19.8. The molecule has 2 fully saturated rings. The maximum Gasteiger partial charge on any atom is 0.244 e. The molecule has 6 nitrogen and oxygen atoms in total. The topological polar surface area (TPSA) is 66.9 Å². The summed E-state index contributed by atoms with van der Waals surface area (Å²) >= 11 is 0. The minimum atomic E-state index is -4.04. The molecular weight excluding hydrogens is 395 g/mol. The SMILES string of the molecule is O=C([C@@H]1C[C@H](Oc2ccccc2)CN1S(=O)(=O)c1cccc(F)c1)N1CCCC1. The molecular formula is C21H23FN2O4S. The minimum absolute atomic E-state index is 0.0397. The molecule has 2 heterocycles. The van der Waals surface area contributed by atoms with Gasteiger partial charge in [0.15, 0.2) is 0 Å². The minimum Gasteiger partial charge on any atom is -0.489 e. The van der Waals surface area contributed by atoms with E-state index in [0.717, 1.165) is 18.9 Å². The van der Waals surface area contributed by atoms with E-state index >= 15 is 0 Å². The summed E-state index contributed by atoms with van der Waals surface area (Å²) in [5.41, 5.74) is 0. The number of carbonyl (C=O) groups excluding carboxylic acids is 1. The number of carbonyl (C=O) groups is 1. The molecule has 0 saturated carbocycles. The molecule has 2 aromatic rings. The van der Waals surface area contributed by atoms with Gasteiger partial charge in [0.05, 0.1) is 11.4 Å². The zero-order valence-electron chi connectivity index (χ0n) is 15.9. The first-order chi connectivity index (χ1) is 13.9. The molecule has 2 saturated heterocycles. The second-order valence-electron chi connectivity index (χ2n) is 7.37. The van der Waals surface area contributed by atoms with Crippen molar-refractivity contribution in [2.45, 2.75) is 36.3 Å². The normalized spacial score (nSPS) is 22.7.